The fraction of sp³-hybridized carbons (Fsp3) is 0.556. The molecule has 2 fully saturated rings. The molecule has 0 radical (unpaired) electrons. The summed E-state index contributed by atoms with van der Waals surface area (Å²) >= 11 is 0. The number of amides is 1. The minimum atomic E-state index is 0.129. The quantitative estimate of drug-likeness (QED) is 0.918. The lowest BCUT2D eigenvalue weighted by molar-refractivity contribution is -0.125. The van der Waals surface area contributed by atoms with E-state index in [9.17, 15) is 4.79 Å². The molecule has 1 aliphatic heterocycles. The number of anilines is 1. The molecule has 7 nitrogen and oxygen atoms in total. The highest BCUT2D eigenvalue weighted by Gasteiger charge is 2.30. The molecule has 1 aliphatic carbocycles. The van der Waals surface area contributed by atoms with Crippen LogP contribution in [0.4, 0.5) is 5.82 Å². The van der Waals surface area contributed by atoms with Crippen LogP contribution in [0.15, 0.2) is 18.5 Å². The number of aromatic nitrogens is 4. The molecule has 132 valence electrons. The van der Waals surface area contributed by atoms with Gasteiger partial charge in [0.25, 0.3) is 0 Å². The van der Waals surface area contributed by atoms with E-state index in [0.717, 1.165) is 61.8 Å². The van der Waals surface area contributed by atoms with E-state index in [0.29, 0.717) is 6.04 Å². The lowest BCUT2D eigenvalue weighted by atomic mass is 9.96. The van der Waals surface area contributed by atoms with Crippen LogP contribution >= 0.6 is 0 Å². The molecule has 4 rings (SSSR count). The first-order chi connectivity index (χ1) is 12.1. The third-order valence-electron chi connectivity index (χ3n) is 4.95. The summed E-state index contributed by atoms with van der Waals surface area (Å²) in [6.45, 7) is 5.65. The van der Waals surface area contributed by atoms with Crippen LogP contribution in [-0.4, -0.2) is 44.8 Å². The number of carbonyl (C=O) groups excluding carboxylic acids is 1. The van der Waals surface area contributed by atoms with Gasteiger partial charge in [-0.25, -0.2) is 9.67 Å². The summed E-state index contributed by atoms with van der Waals surface area (Å²) in [5, 5.41) is 7.60. The summed E-state index contributed by atoms with van der Waals surface area (Å²) < 4.78 is 1.82. The van der Waals surface area contributed by atoms with Crippen molar-refractivity contribution in [1.29, 1.82) is 0 Å². The first kappa shape index (κ1) is 16.1. The van der Waals surface area contributed by atoms with Crippen LogP contribution in [0.1, 0.15) is 37.1 Å². The normalized spacial score (nSPS) is 18.4. The van der Waals surface area contributed by atoms with Gasteiger partial charge in [0.05, 0.1) is 18.1 Å². The zero-order valence-corrected chi connectivity index (χ0v) is 14.8. The molecule has 0 spiro atoms. The molecule has 0 aromatic carbocycles. The van der Waals surface area contributed by atoms with Gasteiger partial charge in [-0.3, -0.25) is 9.78 Å². The third-order valence-corrected chi connectivity index (χ3v) is 4.95. The Bertz CT molecular complexity index is 774. The summed E-state index contributed by atoms with van der Waals surface area (Å²) in [5.74, 6) is 1.94. The van der Waals surface area contributed by atoms with Crippen LogP contribution in [0.2, 0.25) is 0 Å². The molecule has 1 saturated carbocycles. The first-order valence-electron chi connectivity index (χ1n) is 9.01. The van der Waals surface area contributed by atoms with Gasteiger partial charge in [-0.05, 0) is 45.6 Å². The Kier molecular flexibility index (Phi) is 4.15. The number of hydrogen-bond acceptors (Lipinski definition) is 5. The second-order valence-corrected chi connectivity index (χ2v) is 7.12. The lowest BCUT2D eigenvalue weighted by Crippen LogP contribution is -2.41. The average Bonchev–Trinajstić information content (AvgIpc) is 3.37. The van der Waals surface area contributed by atoms with E-state index in [1.54, 1.807) is 12.4 Å². The van der Waals surface area contributed by atoms with Crippen molar-refractivity contribution in [3.05, 3.63) is 29.8 Å². The van der Waals surface area contributed by atoms with Crippen molar-refractivity contribution in [1.82, 2.24) is 25.1 Å². The topological polar surface area (TPSA) is 75.9 Å². The van der Waals surface area contributed by atoms with Crippen LogP contribution in [-0.2, 0) is 4.79 Å². The van der Waals surface area contributed by atoms with Crippen molar-refractivity contribution >= 4 is 11.7 Å². The Balaban J connectivity index is 1.43. The van der Waals surface area contributed by atoms with Crippen LogP contribution < -0.4 is 10.2 Å². The molecule has 0 bridgehead atoms. The second-order valence-electron chi connectivity index (χ2n) is 7.12. The monoisotopic (exact) mass is 340 g/mol. The van der Waals surface area contributed by atoms with E-state index in [1.165, 1.54) is 0 Å². The van der Waals surface area contributed by atoms with Crippen molar-refractivity contribution in [2.75, 3.05) is 18.0 Å². The fourth-order valence-corrected chi connectivity index (χ4v) is 3.38. The van der Waals surface area contributed by atoms with Gasteiger partial charge < -0.3 is 10.2 Å². The molecule has 2 aromatic rings. The van der Waals surface area contributed by atoms with Gasteiger partial charge in [0.2, 0.25) is 5.91 Å². The zero-order valence-electron chi connectivity index (χ0n) is 14.8. The number of nitrogens with zero attached hydrogens (tertiary/aromatic N) is 5. The van der Waals surface area contributed by atoms with Gasteiger partial charge in [0.15, 0.2) is 5.82 Å². The van der Waals surface area contributed by atoms with Gasteiger partial charge >= 0.3 is 0 Å². The van der Waals surface area contributed by atoms with Gasteiger partial charge in [-0.2, -0.15) is 5.10 Å². The van der Waals surface area contributed by atoms with E-state index < -0.39 is 0 Å². The highest BCUT2D eigenvalue weighted by atomic mass is 16.2. The SMILES string of the molecule is Cc1cc(C)n(-c2cncc(N3CCC(C(=O)NC4CC4)CC3)n2)n1. The Hall–Kier alpha value is -2.44. The van der Waals surface area contributed by atoms with Crippen molar-refractivity contribution in [2.45, 2.75) is 45.6 Å². The van der Waals surface area contributed by atoms with Crippen LogP contribution in [0, 0.1) is 19.8 Å². The molecule has 2 aromatic heterocycles. The maximum Gasteiger partial charge on any atom is 0.223 e. The number of nitrogens with one attached hydrogen (secondary N) is 1. The van der Waals surface area contributed by atoms with Gasteiger partial charge in [-0.15, -0.1) is 0 Å². The van der Waals surface area contributed by atoms with Crippen LogP contribution in [0.25, 0.3) is 5.82 Å². The molecule has 7 heteroatoms. The Morgan fingerprint density at radius 3 is 2.48 bits per heavy atom. The van der Waals surface area contributed by atoms with Gasteiger partial charge in [0.1, 0.15) is 5.82 Å². The van der Waals surface area contributed by atoms with E-state index >= 15 is 0 Å². The second kappa shape index (κ2) is 6.46. The molecule has 0 unspecified atom stereocenters. The van der Waals surface area contributed by atoms with E-state index in [2.05, 4.69) is 20.3 Å². The molecular weight excluding hydrogens is 316 g/mol. The molecule has 2 aliphatic rings. The standard InChI is InChI=1S/C18H24N6O/c1-12-9-13(2)24(22-12)17-11-19-10-16(21-17)23-7-5-14(6-8-23)18(25)20-15-3-4-15/h9-11,14-15H,3-8H2,1-2H3,(H,20,25). The highest BCUT2D eigenvalue weighted by Crippen LogP contribution is 2.25. The molecule has 1 N–H and O–H groups in total. The van der Waals surface area contributed by atoms with Crippen LogP contribution in [0.3, 0.4) is 0 Å². The van der Waals surface area contributed by atoms with Crippen molar-refractivity contribution in [3.63, 3.8) is 0 Å². The van der Waals surface area contributed by atoms with Gasteiger partial charge in [0, 0.05) is 30.7 Å². The fourth-order valence-electron chi connectivity index (χ4n) is 3.38. The third kappa shape index (κ3) is 3.50. The predicted molar refractivity (Wildman–Crippen MR) is 94.7 cm³/mol. The Morgan fingerprint density at radius 1 is 1.12 bits per heavy atom. The van der Waals surface area contributed by atoms with Gasteiger partial charge in [-0.1, -0.05) is 0 Å². The van der Waals surface area contributed by atoms with Crippen molar-refractivity contribution < 1.29 is 4.79 Å². The zero-order chi connectivity index (χ0) is 17.4. The molecule has 25 heavy (non-hydrogen) atoms. The summed E-state index contributed by atoms with van der Waals surface area (Å²) in [6.07, 6.45) is 7.53. The lowest BCUT2D eigenvalue weighted by Gasteiger charge is -2.32. The minimum Gasteiger partial charge on any atom is -0.355 e. The number of carbonyl (C=O) groups is 1. The number of piperidine rings is 1. The molecule has 1 amide bonds. The largest absolute Gasteiger partial charge is 0.355 e. The number of aryl methyl sites for hydroxylation is 2. The summed E-state index contributed by atoms with van der Waals surface area (Å²) in [4.78, 5) is 23.5. The first-order valence-corrected chi connectivity index (χ1v) is 9.01. The molecule has 1 saturated heterocycles. The maximum atomic E-state index is 12.2. The Morgan fingerprint density at radius 2 is 1.84 bits per heavy atom. The summed E-state index contributed by atoms with van der Waals surface area (Å²) in [7, 11) is 0. The highest BCUT2D eigenvalue weighted by molar-refractivity contribution is 5.79. The van der Waals surface area contributed by atoms with E-state index in [1.807, 2.05) is 24.6 Å². The maximum absolute atomic E-state index is 12.2. The Labute approximate surface area is 147 Å². The van der Waals surface area contributed by atoms with Crippen LogP contribution in [0.5, 0.6) is 0 Å². The van der Waals surface area contributed by atoms with Crippen molar-refractivity contribution in [3.8, 4) is 5.82 Å². The molecule has 0 atom stereocenters. The van der Waals surface area contributed by atoms with E-state index in [-0.39, 0.29) is 11.8 Å². The number of rotatable bonds is 4. The average molecular weight is 340 g/mol. The molecule has 3 heterocycles. The van der Waals surface area contributed by atoms with E-state index in [4.69, 9.17) is 4.98 Å². The smallest absolute Gasteiger partial charge is 0.223 e. The minimum absolute atomic E-state index is 0.129. The summed E-state index contributed by atoms with van der Waals surface area (Å²) in [6, 6.07) is 2.46. The predicted octanol–water partition coefficient (Wildman–Crippen LogP) is 1.77. The van der Waals surface area contributed by atoms with Crippen molar-refractivity contribution in [2.24, 2.45) is 5.92 Å². The number of hydrogen-bond donors (Lipinski definition) is 1. The molecular formula is C18H24N6O. The summed E-state index contributed by atoms with van der Waals surface area (Å²) in [5.41, 5.74) is 2.01.